The lowest BCUT2D eigenvalue weighted by atomic mass is 9.96. The maximum Gasteiger partial charge on any atom is 0.331 e. The van der Waals surface area contributed by atoms with Gasteiger partial charge in [-0.1, -0.05) is 31.4 Å². The molecule has 0 radical (unpaired) electrons. The molecule has 1 saturated carbocycles. The molecule has 1 fully saturated rings. The summed E-state index contributed by atoms with van der Waals surface area (Å²) in [6.45, 7) is 3.18. The van der Waals surface area contributed by atoms with Gasteiger partial charge in [-0.3, -0.25) is 9.48 Å². The Labute approximate surface area is 200 Å². The topological polar surface area (TPSA) is 111 Å². The summed E-state index contributed by atoms with van der Waals surface area (Å²) in [5.74, 6) is -1.31. The first-order valence-electron chi connectivity index (χ1n) is 11.3. The number of carbonyl (C=O) groups is 2. The van der Waals surface area contributed by atoms with Gasteiger partial charge in [-0.2, -0.15) is 9.40 Å². The number of sulfonamides is 1. The van der Waals surface area contributed by atoms with Crippen molar-refractivity contribution in [3.8, 4) is 0 Å². The fourth-order valence-electron chi connectivity index (χ4n) is 4.14. The minimum Gasteiger partial charge on any atom is -0.452 e. The summed E-state index contributed by atoms with van der Waals surface area (Å²) < 4.78 is 34.6. The Morgan fingerprint density at radius 1 is 1.21 bits per heavy atom. The Balaban J connectivity index is 1.63. The minimum atomic E-state index is -3.80. The van der Waals surface area contributed by atoms with Crippen LogP contribution in [-0.2, 0) is 31.4 Å². The number of anilines is 1. The highest BCUT2D eigenvalue weighted by atomic mass is 32.2. The lowest BCUT2D eigenvalue weighted by molar-refractivity contribution is -0.142. The van der Waals surface area contributed by atoms with E-state index in [-0.39, 0.29) is 16.6 Å². The van der Waals surface area contributed by atoms with Gasteiger partial charge < -0.3 is 10.1 Å². The molecular formula is C24H32N4O5S. The molecule has 2 aromatic rings. The monoisotopic (exact) mass is 488 g/mol. The van der Waals surface area contributed by atoms with E-state index >= 15 is 0 Å². The summed E-state index contributed by atoms with van der Waals surface area (Å²) in [7, 11) is -0.400. The number of hydrogen-bond donors (Lipinski definition) is 1. The van der Waals surface area contributed by atoms with E-state index < -0.39 is 28.5 Å². The van der Waals surface area contributed by atoms with Crippen molar-refractivity contribution in [2.24, 2.45) is 7.05 Å². The van der Waals surface area contributed by atoms with Crippen LogP contribution < -0.4 is 5.32 Å². The van der Waals surface area contributed by atoms with Crippen LogP contribution in [0.2, 0.25) is 0 Å². The van der Waals surface area contributed by atoms with Crippen LogP contribution in [0, 0.1) is 13.8 Å². The van der Waals surface area contributed by atoms with Gasteiger partial charge in [0.1, 0.15) is 4.90 Å². The number of para-hydroxylation sites is 1. The van der Waals surface area contributed by atoms with Gasteiger partial charge in [-0.05, 0) is 44.9 Å². The molecule has 10 heteroatoms. The van der Waals surface area contributed by atoms with E-state index in [0.29, 0.717) is 0 Å². The van der Waals surface area contributed by atoms with Gasteiger partial charge in [-0.25, -0.2) is 13.2 Å². The molecule has 184 valence electrons. The number of aromatic nitrogens is 2. The maximum atomic E-state index is 13.2. The molecule has 0 aliphatic heterocycles. The molecule has 0 unspecified atom stereocenters. The summed E-state index contributed by atoms with van der Waals surface area (Å²) in [5.41, 5.74) is 2.64. The molecular weight excluding hydrogens is 456 g/mol. The van der Waals surface area contributed by atoms with E-state index in [0.717, 1.165) is 49.1 Å². The Hall–Kier alpha value is -2.98. The van der Waals surface area contributed by atoms with E-state index in [9.17, 15) is 18.0 Å². The highest BCUT2D eigenvalue weighted by Crippen LogP contribution is 2.29. The van der Waals surface area contributed by atoms with Crippen LogP contribution in [0.4, 0.5) is 5.69 Å². The summed E-state index contributed by atoms with van der Waals surface area (Å²) in [6.07, 6.45) is 7.61. The normalized spacial score (nSPS) is 15.1. The van der Waals surface area contributed by atoms with Crippen molar-refractivity contribution < 1.29 is 22.7 Å². The molecule has 0 bridgehead atoms. The number of carbonyl (C=O) groups excluding carboxylic acids is 2. The Bertz CT molecular complexity index is 1180. The molecule has 0 spiro atoms. The number of rotatable bonds is 8. The third-order valence-corrected chi connectivity index (χ3v) is 8.17. The predicted molar refractivity (Wildman–Crippen MR) is 130 cm³/mol. The second-order valence-electron chi connectivity index (χ2n) is 8.51. The molecule has 34 heavy (non-hydrogen) atoms. The van der Waals surface area contributed by atoms with Crippen LogP contribution in [-0.4, -0.2) is 54.1 Å². The SMILES string of the molecule is Cc1nn(C)c(C)c1C=CC(=O)OCC(=O)Nc1ccccc1S(=O)(=O)N(C)C1CCCCC1. The average Bonchev–Trinajstić information content (AvgIpc) is 3.07. The third kappa shape index (κ3) is 5.92. The van der Waals surface area contributed by atoms with E-state index in [2.05, 4.69) is 10.4 Å². The van der Waals surface area contributed by atoms with Gasteiger partial charge in [0.15, 0.2) is 6.61 Å². The highest BCUT2D eigenvalue weighted by molar-refractivity contribution is 7.89. The highest BCUT2D eigenvalue weighted by Gasteiger charge is 2.31. The molecule has 1 aliphatic carbocycles. The molecule has 1 heterocycles. The van der Waals surface area contributed by atoms with Crippen LogP contribution in [0.25, 0.3) is 6.08 Å². The number of amides is 1. The van der Waals surface area contributed by atoms with E-state index in [4.69, 9.17) is 4.74 Å². The Kier molecular flexibility index (Phi) is 8.27. The van der Waals surface area contributed by atoms with Crippen molar-refractivity contribution in [2.75, 3.05) is 19.0 Å². The Morgan fingerprint density at radius 3 is 2.53 bits per heavy atom. The lowest BCUT2D eigenvalue weighted by Crippen LogP contribution is -2.38. The molecule has 3 rings (SSSR count). The number of nitrogens with zero attached hydrogens (tertiary/aromatic N) is 3. The average molecular weight is 489 g/mol. The van der Waals surface area contributed by atoms with Gasteiger partial charge in [0.05, 0.1) is 11.4 Å². The summed E-state index contributed by atoms with van der Waals surface area (Å²) in [4.78, 5) is 24.5. The van der Waals surface area contributed by atoms with Crippen LogP contribution >= 0.6 is 0 Å². The standard InChI is InChI=1S/C24H32N4O5S/c1-17-20(18(2)27(3)26-17)14-15-24(30)33-16-23(29)25-21-12-8-9-13-22(21)34(31,32)28(4)19-10-6-5-7-11-19/h8-9,12-15,19H,5-7,10-11,16H2,1-4H3,(H,25,29). The molecule has 1 aromatic carbocycles. The zero-order valence-corrected chi connectivity index (χ0v) is 20.9. The third-order valence-electron chi connectivity index (χ3n) is 6.20. The van der Waals surface area contributed by atoms with Crippen LogP contribution in [0.1, 0.15) is 49.1 Å². The van der Waals surface area contributed by atoms with E-state index in [1.807, 2.05) is 20.9 Å². The van der Waals surface area contributed by atoms with Gasteiger partial charge in [0.25, 0.3) is 5.91 Å². The van der Waals surface area contributed by atoms with E-state index in [1.54, 1.807) is 29.9 Å². The molecule has 0 atom stereocenters. The van der Waals surface area contributed by atoms with E-state index in [1.165, 1.54) is 22.5 Å². The number of hydrogen-bond acceptors (Lipinski definition) is 6. The smallest absolute Gasteiger partial charge is 0.331 e. The summed E-state index contributed by atoms with van der Waals surface area (Å²) in [5, 5.41) is 6.84. The first-order valence-corrected chi connectivity index (χ1v) is 12.8. The van der Waals surface area contributed by atoms with Crippen molar-refractivity contribution in [1.82, 2.24) is 14.1 Å². The zero-order chi connectivity index (χ0) is 24.9. The number of nitrogens with one attached hydrogen (secondary N) is 1. The minimum absolute atomic E-state index is 0.0187. The molecule has 0 saturated heterocycles. The first-order chi connectivity index (χ1) is 16.1. The van der Waals surface area contributed by atoms with Crippen molar-refractivity contribution in [3.05, 3.63) is 47.3 Å². The fraction of sp³-hybridized carbons (Fsp3) is 0.458. The number of benzene rings is 1. The van der Waals surface area contributed by atoms with Gasteiger partial charge >= 0.3 is 5.97 Å². The van der Waals surface area contributed by atoms with Gasteiger partial charge in [0.2, 0.25) is 10.0 Å². The summed E-state index contributed by atoms with van der Waals surface area (Å²) in [6, 6.07) is 6.20. The molecule has 9 nitrogen and oxygen atoms in total. The van der Waals surface area contributed by atoms with Crippen LogP contribution in [0.15, 0.2) is 35.2 Å². The van der Waals surface area contributed by atoms with Crippen molar-refractivity contribution in [3.63, 3.8) is 0 Å². The van der Waals surface area contributed by atoms with Gasteiger partial charge in [0, 0.05) is 37.5 Å². The second-order valence-corrected chi connectivity index (χ2v) is 10.5. The summed E-state index contributed by atoms with van der Waals surface area (Å²) >= 11 is 0. The molecule has 1 amide bonds. The zero-order valence-electron chi connectivity index (χ0n) is 20.1. The lowest BCUT2D eigenvalue weighted by Gasteiger charge is -2.30. The van der Waals surface area contributed by atoms with Crippen molar-refractivity contribution >= 4 is 33.7 Å². The first kappa shape index (κ1) is 25.6. The predicted octanol–water partition coefficient (Wildman–Crippen LogP) is 3.19. The van der Waals surface area contributed by atoms with Crippen molar-refractivity contribution in [1.29, 1.82) is 0 Å². The molecule has 1 aliphatic rings. The largest absolute Gasteiger partial charge is 0.452 e. The fourth-order valence-corrected chi connectivity index (χ4v) is 5.71. The number of esters is 1. The number of ether oxygens (including phenoxy) is 1. The van der Waals surface area contributed by atoms with Crippen molar-refractivity contribution in [2.45, 2.75) is 56.9 Å². The Morgan fingerprint density at radius 2 is 1.88 bits per heavy atom. The van der Waals surface area contributed by atoms with Crippen LogP contribution in [0.5, 0.6) is 0 Å². The molecule has 1 N–H and O–H groups in total. The van der Waals surface area contributed by atoms with Crippen LogP contribution in [0.3, 0.4) is 0 Å². The number of aryl methyl sites for hydroxylation is 2. The molecule has 1 aromatic heterocycles. The quantitative estimate of drug-likeness (QED) is 0.451. The van der Waals surface area contributed by atoms with Gasteiger partial charge in [-0.15, -0.1) is 0 Å². The maximum absolute atomic E-state index is 13.2. The second kappa shape index (κ2) is 11.0.